The third-order valence-corrected chi connectivity index (χ3v) is 4.02. The van der Waals surface area contributed by atoms with Crippen LogP contribution in [0.1, 0.15) is 33.6 Å². The van der Waals surface area contributed by atoms with Gasteiger partial charge in [-0.15, -0.1) is 0 Å². The predicted molar refractivity (Wildman–Crippen MR) is 97.3 cm³/mol. The summed E-state index contributed by atoms with van der Waals surface area (Å²) in [5.74, 6) is -1.39. The number of ether oxygens (including phenoxy) is 1. The number of rotatable bonds is 6. The van der Waals surface area contributed by atoms with Gasteiger partial charge in [0.25, 0.3) is 11.8 Å². The van der Waals surface area contributed by atoms with E-state index in [0.29, 0.717) is 21.8 Å². The standard InChI is InChI=1S/C19H17ClN2O4/c20-13-7-5-12(6-8-13)19(25)26-11-17(23)22-16-4-2-1-3-15(16)18(24)21-14-9-10-14/h1-8,14H,9-11H2,(H,21,24)(H,22,23). The summed E-state index contributed by atoms with van der Waals surface area (Å²) in [4.78, 5) is 36.2. The number of esters is 1. The summed E-state index contributed by atoms with van der Waals surface area (Å²) in [7, 11) is 0. The van der Waals surface area contributed by atoms with Gasteiger partial charge < -0.3 is 15.4 Å². The second kappa shape index (κ2) is 8.01. The summed E-state index contributed by atoms with van der Waals surface area (Å²) in [5.41, 5.74) is 1.04. The lowest BCUT2D eigenvalue weighted by Gasteiger charge is -2.11. The topological polar surface area (TPSA) is 84.5 Å². The Balaban J connectivity index is 1.57. The van der Waals surface area contributed by atoms with Crippen molar-refractivity contribution in [2.24, 2.45) is 0 Å². The van der Waals surface area contributed by atoms with Crippen LogP contribution in [0.15, 0.2) is 48.5 Å². The number of para-hydroxylation sites is 1. The Morgan fingerprint density at radius 1 is 1.04 bits per heavy atom. The van der Waals surface area contributed by atoms with E-state index in [1.165, 1.54) is 12.1 Å². The molecule has 6 nitrogen and oxygen atoms in total. The number of carbonyl (C=O) groups excluding carboxylic acids is 3. The Labute approximate surface area is 155 Å². The predicted octanol–water partition coefficient (Wildman–Crippen LogP) is 3.03. The highest BCUT2D eigenvalue weighted by molar-refractivity contribution is 6.30. The van der Waals surface area contributed by atoms with Crippen LogP contribution in [0, 0.1) is 0 Å². The van der Waals surface area contributed by atoms with E-state index in [9.17, 15) is 14.4 Å². The fourth-order valence-corrected chi connectivity index (χ4v) is 2.39. The number of amides is 2. The molecule has 134 valence electrons. The minimum Gasteiger partial charge on any atom is -0.452 e. The maximum absolute atomic E-state index is 12.2. The smallest absolute Gasteiger partial charge is 0.338 e. The average molecular weight is 373 g/mol. The number of nitrogens with one attached hydrogen (secondary N) is 2. The summed E-state index contributed by atoms with van der Waals surface area (Å²) in [6.07, 6.45) is 1.95. The molecule has 0 saturated heterocycles. The van der Waals surface area contributed by atoms with Crippen molar-refractivity contribution in [3.63, 3.8) is 0 Å². The fourth-order valence-electron chi connectivity index (χ4n) is 2.27. The maximum Gasteiger partial charge on any atom is 0.338 e. The van der Waals surface area contributed by atoms with Crippen LogP contribution in [0.3, 0.4) is 0 Å². The SMILES string of the molecule is O=C(COC(=O)c1ccc(Cl)cc1)Nc1ccccc1C(=O)NC1CC1. The van der Waals surface area contributed by atoms with Crippen molar-refractivity contribution in [3.05, 3.63) is 64.7 Å². The van der Waals surface area contributed by atoms with Crippen LogP contribution in [-0.4, -0.2) is 30.4 Å². The molecule has 1 saturated carbocycles. The van der Waals surface area contributed by atoms with Gasteiger partial charge in [0.15, 0.2) is 6.61 Å². The molecular weight excluding hydrogens is 356 g/mol. The van der Waals surface area contributed by atoms with Crippen molar-refractivity contribution in [3.8, 4) is 0 Å². The first-order valence-corrected chi connectivity index (χ1v) is 8.53. The second-order valence-electron chi connectivity index (χ2n) is 5.92. The first-order valence-electron chi connectivity index (χ1n) is 8.15. The molecule has 0 radical (unpaired) electrons. The van der Waals surface area contributed by atoms with Gasteiger partial charge in [0, 0.05) is 11.1 Å². The van der Waals surface area contributed by atoms with Gasteiger partial charge in [0.05, 0.1) is 16.8 Å². The van der Waals surface area contributed by atoms with E-state index in [0.717, 1.165) is 12.8 Å². The molecule has 3 rings (SSSR count). The highest BCUT2D eigenvalue weighted by Gasteiger charge is 2.25. The van der Waals surface area contributed by atoms with Gasteiger partial charge in [-0.3, -0.25) is 9.59 Å². The highest BCUT2D eigenvalue weighted by Crippen LogP contribution is 2.21. The normalized spacial score (nSPS) is 13.0. The van der Waals surface area contributed by atoms with E-state index in [-0.39, 0.29) is 11.9 Å². The van der Waals surface area contributed by atoms with E-state index < -0.39 is 18.5 Å². The van der Waals surface area contributed by atoms with Gasteiger partial charge in [0.2, 0.25) is 0 Å². The van der Waals surface area contributed by atoms with Gasteiger partial charge in [-0.2, -0.15) is 0 Å². The van der Waals surface area contributed by atoms with E-state index in [2.05, 4.69) is 10.6 Å². The van der Waals surface area contributed by atoms with Crippen LogP contribution >= 0.6 is 11.6 Å². The zero-order chi connectivity index (χ0) is 18.5. The highest BCUT2D eigenvalue weighted by atomic mass is 35.5. The molecule has 2 aromatic rings. The van der Waals surface area contributed by atoms with Crippen molar-refractivity contribution in [1.82, 2.24) is 5.32 Å². The molecule has 2 N–H and O–H groups in total. The molecule has 0 spiro atoms. The summed E-state index contributed by atoms with van der Waals surface area (Å²) >= 11 is 5.76. The summed E-state index contributed by atoms with van der Waals surface area (Å²) in [5, 5.41) is 5.98. The molecule has 0 aromatic heterocycles. The lowest BCUT2D eigenvalue weighted by atomic mass is 10.1. The summed E-state index contributed by atoms with van der Waals surface area (Å²) in [6.45, 7) is -0.458. The third-order valence-electron chi connectivity index (χ3n) is 3.77. The van der Waals surface area contributed by atoms with Gasteiger partial charge in [0.1, 0.15) is 0 Å². The quantitative estimate of drug-likeness (QED) is 0.763. The lowest BCUT2D eigenvalue weighted by molar-refractivity contribution is -0.119. The largest absolute Gasteiger partial charge is 0.452 e. The van der Waals surface area contributed by atoms with E-state index >= 15 is 0 Å². The molecule has 1 aliphatic rings. The second-order valence-corrected chi connectivity index (χ2v) is 6.36. The Kier molecular flexibility index (Phi) is 5.53. The molecule has 1 fully saturated rings. The Hall–Kier alpha value is -2.86. The molecule has 0 atom stereocenters. The first-order chi connectivity index (χ1) is 12.5. The van der Waals surface area contributed by atoms with Crippen molar-refractivity contribution in [2.45, 2.75) is 18.9 Å². The van der Waals surface area contributed by atoms with Crippen molar-refractivity contribution >= 4 is 35.1 Å². The Morgan fingerprint density at radius 2 is 1.73 bits per heavy atom. The van der Waals surface area contributed by atoms with Crippen LogP contribution < -0.4 is 10.6 Å². The fraction of sp³-hybridized carbons (Fsp3) is 0.211. The Bertz CT molecular complexity index is 832. The zero-order valence-electron chi connectivity index (χ0n) is 13.8. The molecule has 2 aromatic carbocycles. The van der Waals surface area contributed by atoms with Gasteiger partial charge >= 0.3 is 5.97 Å². The molecular formula is C19H17ClN2O4. The summed E-state index contributed by atoms with van der Waals surface area (Å²) in [6, 6.07) is 13.1. The third kappa shape index (κ3) is 4.83. The van der Waals surface area contributed by atoms with E-state index in [1.54, 1.807) is 36.4 Å². The number of hydrogen-bond donors (Lipinski definition) is 2. The van der Waals surface area contributed by atoms with Crippen LogP contribution in [0.25, 0.3) is 0 Å². The van der Waals surface area contributed by atoms with E-state index in [4.69, 9.17) is 16.3 Å². The van der Waals surface area contributed by atoms with Gasteiger partial charge in [-0.05, 0) is 49.2 Å². The zero-order valence-corrected chi connectivity index (χ0v) is 14.6. The number of hydrogen-bond acceptors (Lipinski definition) is 4. The number of halogens is 1. The monoisotopic (exact) mass is 372 g/mol. The maximum atomic E-state index is 12.2. The van der Waals surface area contributed by atoms with Crippen molar-refractivity contribution < 1.29 is 19.1 Å². The molecule has 7 heteroatoms. The van der Waals surface area contributed by atoms with Crippen LogP contribution in [0.2, 0.25) is 5.02 Å². The molecule has 0 unspecified atom stereocenters. The van der Waals surface area contributed by atoms with E-state index in [1.807, 2.05) is 0 Å². The summed E-state index contributed by atoms with van der Waals surface area (Å²) < 4.78 is 4.98. The van der Waals surface area contributed by atoms with Crippen molar-refractivity contribution in [2.75, 3.05) is 11.9 Å². The average Bonchev–Trinajstić information content (AvgIpc) is 3.44. The van der Waals surface area contributed by atoms with Gasteiger partial charge in [-0.25, -0.2) is 4.79 Å². The minimum absolute atomic E-state index is 0.214. The molecule has 26 heavy (non-hydrogen) atoms. The van der Waals surface area contributed by atoms with Crippen LogP contribution in [0.5, 0.6) is 0 Å². The van der Waals surface area contributed by atoms with Crippen LogP contribution in [-0.2, 0) is 9.53 Å². The van der Waals surface area contributed by atoms with Crippen molar-refractivity contribution in [1.29, 1.82) is 0 Å². The number of carbonyl (C=O) groups is 3. The molecule has 0 heterocycles. The Morgan fingerprint density at radius 3 is 2.42 bits per heavy atom. The number of anilines is 1. The molecule has 0 bridgehead atoms. The molecule has 2 amide bonds. The van der Waals surface area contributed by atoms with Gasteiger partial charge in [-0.1, -0.05) is 23.7 Å². The molecule has 1 aliphatic carbocycles. The molecule has 0 aliphatic heterocycles. The van der Waals surface area contributed by atoms with Crippen LogP contribution in [0.4, 0.5) is 5.69 Å². The number of benzene rings is 2. The first kappa shape index (κ1) is 17.9. The minimum atomic E-state index is -0.628. The lowest BCUT2D eigenvalue weighted by Crippen LogP contribution is -2.28.